The summed E-state index contributed by atoms with van der Waals surface area (Å²) in [6.07, 6.45) is 5.32. The van der Waals surface area contributed by atoms with Gasteiger partial charge in [-0.05, 0) is 18.4 Å². The number of halogens is 1. The first kappa shape index (κ1) is 17.8. The van der Waals surface area contributed by atoms with Crippen LogP contribution in [0.25, 0.3) is 0 Å². The van der Waals surface area contributed by atoms with Crippen molar-refractivity contribution in [3.8, 4) is 0 Å². The fourth-order valence-corrected chi connectivity index (χ4v) is 2.94. The molecule has 0 amide bonds. The fraction of sp³-hybridized carbons (Fsp3) is 0.412. The Labute approximate surface area is 154 Å². The molecule has 0 spiro atoms. The third-order valence-corrected chi connectivity index (χ3v) is 4.44. The molecule has 1 heterocycles. The van der Waals surface area contributed by atoms with Crippen molar-refractivity contribution in [3.63, 3.8) is 0 Å². The predicted molar refractivity (Wildman–Crippen MR) is 102 cm³/mol. The van der Waals surface area contributed by atoms with E-state index in [1.165, 1.54) is 24.8 Å². The van der Waals surface area contributed by atoms with Gasteiger partial charge in [0.05, 0.1) is 6.54 Å². The second kappa shape index (κ2) is 8.33. The molecule has 3 rings (SSSR count). The molecule has 0 atom stereocenters. The van der Waals surface area contributed by atoms with Crippen LogP contribution in [0.15, 0.2) is 52.2 Å². The summed E-state index contributed by atoms with van der Waals surface area (Å²) in [5, 5.41) is 10.6. The van der Waals surface area contributed by atoms with Gasteiger partial charge in [-0.2, -0.15) is 0 Å². The summed E-state index contributed by atoms with van der Waals surface area (Å²) >= 11 is 0. The molecule has 1 aliphatic carbocycles. The predicted octanol–water partition coefficient (Wildman–Crippen LogP) is 3.08. The number of nitrogens with one attached hydrogen (secondary N) is 2. The average molecular weight is 426 g/mol. The molecule has 0 unspecified atom stereocenters. The second-order valence-electron chi connectivity index (χ2n) is 5.77. The number of aromatic nitrogens is 1. The van der Waals surface area contributed by atoms with Crippen LogP contribution in [0.2, 0.25) is 0 Å². The number of hydrogen-bond donors (Lipinski definition) is 2. The molecule has 0 bridgehead atoms. The topological polar surface area (TPSA) is 62.5 Å². The summed E-state index contributed by atoms with van der Waals surface area (Å²) < 4.78 is 4.83. The highest BCUT2D eigenvalue weighted by Gasteiger charge is 2.38. The van der Waals surface area contributed by atoms with E-state index in [9.17, 15) is 0 Å². The SMILES string of the molecule is CN=C(NCc1ccon1)NCC1(c2ccccc2)CCC1.I. The Hall–Kier alpha value is -1.57. The lowest BCUT2D eigenvalue weighted by Gasteiger charge is -2.43. The molecule has 0 radical (unpaired) electrons. The Kier molecular flexibility index (Phi) is 6.44. The first-order valence-corrected chi connectivity index (χ1v) is 7.72. The van der Waals surface area contributed by atoms with E-state index in [2.05, 4.69) is 51.1 Å². The quantitative estimate of drug-likeness (QED) is 0.438. The maximum Gasteiger partial charge on any atom is 0.191 e. The number of nitrogens with zero attached hydrogens (tertiary/aromatic N) is 2. The Morgan fingerprint density at radius 2 is 2.00 bits per heavy atom. The molecule has 0 saturated heterocycles. The molecule has 1 aromatic carbocycles. The van der Waals surface area contributed by atoms with Gasteiger partial charge in [-0.15, -0.1) is 24.0 Å². The summed E-state index contributed by atoms with van der Waals surface area (Å²) in [5.41, 5.74) is 2.53. The Morgan fingerprint density at radius 1 is 1.22 bits per heavy atom. The van der Waals surface area contributed by atoms with E-state index in [0.29, 0.717) is 6.54 Å². The molecule has 1 aliphatic rings. The maximum absolute atomic E-state index is 4.83. The third-order valence-electron chi connectivity index (χ3n) is 4.44. The number of benzene rings is 1. The molecule has 124 valence electrons. The van der Waals surface area contributed by atoms with Crippen LogP contribution in [-0.2, 0) is 12.0 Å². The minimum atomic E-state index is 0. The van der Waals surface area contributed by atoms with E-state index in [4.69, 9.17) is 4.52 Å². The van der Waals surface area contributed by atoms with Crippen molar-refractivity contribution in [2.45, 2.75) is 31.2 Å². The van der Waals surface area contributed by atoms with E-state index < -0.39 is 0 Å². The summed E-state index contributed by atoms with van der Waals surface area (Å²) in [4.78, 5) is 4.28. The average Bonchev–Trinajstić information content (AvgIpc) is 3.03. The number of aliphatic imine (C=N–C) groups is 1. The first-order valence-electron chi connectivity index (χ1n) is 7.72. The van der Waals surface area contributed by atoms with E-state index in [-0.39, 0.29) is 29.4 Å². The van der Waals surface area contributed by atoms with Gasteiger partial charge in [0.15, 0.2) is 5.96 Å². The maximum atomic E-state index is 4.83. The van der Waals surface area contributed by atoms with Crippen LogP contribution in [0.1, 0.15) is 30.5 Å². The molecular weight excluding hydrogens is 403 g/mol. The summed E-state index contributed by atoms with van der Waals surface area (Å²) in [6.45, 7) is 1.50. The van der Waals surface area contributed by atoms with Crippen molar-refractivity contribution in [3.05, 3.63) is 53.9 Å². The Balaban J connectivity index is 0.00000192. The van der Waals surface area contributed by atoms with Crippen molar-refractivity contribution in [2.24, 2.45) is 4.99 Å². The summed E-state index contributed by atoms with van der Waals surface area (Å²) in [6, 6.07) is 12.6. The summed E-state index contributed by atoms with van der Waals surface area (Å²) in [5.74, 6) is 0.796. The van der Waals surface area contributed by atoms with Crippen LogP contribution >= 0.6 is 24.0 Å². The van der Waals surface area contributed by atoms with Gasteiger partial charge in [0, 0.05) is 25.1 Å². The highest BCUT2D eigenvalue weighted by atomic mass is 127. The molecule has 6 heteroatoms. The zero-order valence-electron chi connectivity index (χ0n) is 13.3. The molecule has 1 aromatic heterocycles. The van der Waals surface area contributed by atoms with Crippen molar-refractivity contribution < 1.29 is 4.52 Å². The molecule has 1 saturated carbocycles. The van der Waals surface area contributed by atoms with E-state index in [1.807, 2.05) is 6.07 Å². The molecule has 23 heavy (non-hydrogen) atoms. The normalized spacial score (nSPS) is 16.1. The van der Waals surface area contributed by atoms with Crippen LogP contribution in [-0.4, -0.2) is 24.7 Å². The fourth-order valence-electron chi connectivity index (χ4n) is 2.94. The lowest BCUT2D eigenvalue weighted by Crippen LogP contribution is -2.48. The summed E-state index contributed by atoms with van der Waals surface area (Å²) in [7, 11) is 1.79. The third kappa shape index (κ3) is 4.25. The monoisotopic (exact) mass is 426 g/mol. The Bertz CT molecular complexity index is 609. The van der Waals surface area contributed by atoms with E-state index in [0.717, 1.165) is 18.2 Å². The van der Waals surface area contributed by atoms with Gasteiger partial charge in [-0.25, -0.2) is 0 Å². The van der Waals surface area contributed by atoms with Gasteiger partial charge in [0.2, 0.25) is 0 Å². The van der Waals surface area contributed by atoms with Crippen molar-refractivity contribution in [2.75, 3.05) is 13.6 Å². The number of rotatable bonds is 5. The van der Waals surface area contributed by atoms with Crippen LogP contribution in [0.3, 0.4) is 0 Å². The molecule has 2 aromatic rings. The first-order chi connectivity index (χ1) is 10.8. The van der Waals surface area contributed by atoms with Gasteiger partial charge in [-0.1, -0.05) is 41.9 Å². The van der Waals surface area contributed by atoms with Gasteiger partial charge in [0.25, 0.3) is 0 Å². The van der Waals surface area contributed by atoms with Crippen LogP contribution in [0.4, 0.5) is 0 Å². The highest BCUT2D eigenvalue weighted by Crippen LogP contribution is 2.43. The minimum Gasteiger partial charge on any atom is -0.364 e. The lowest BCUT2D eigenvalue weighted by molar-refractivity contribution is 0.244. The van der Waals surface area contributed by atoms with Gasteiger partial charge in [-0.3, -0.25) is 4.99 Å². The van der Waals surface area contributed by atoms with Crippen LogP contribution < -0.4 is 10.6 Å². The smallest absolute Gasteiger partial charge is 0.191 e. The number of guanidine groups is 1. The van der Waals surface area contributed by atoms with E-state index >= 15 is 0 Å². The van der Waals surface area contributed by atoms with Crippen LogP contribution in [0, 0.1) is 0 Å². The molecule has 1 fully saturated rings. The minimum absolute atomic E-state index is 0. The van der Waals surface area contributed by atoms with Crippen molar-refractivity contribution in [1.29, 1.82) is 0 Å². The van der Waals surface area contributed by atoms with Crippen LogP contribution in [0.5, 0.6) is 0 Å². The van der Waals surface area contributed by atoms with Crippen molar-refractivity contribution >= 4 is 29.9 Å². The lowest BCUT2D eigenvalue weighted by atomic mass is 9.64. The molecule has 2 N–H and O–H groups in total. The second-order valence-corrected chi connectivity index (χ2v) is 5.77. The van der Waals surface area contributed by atoms with E-state index in [1.54, 1.807) is 13.3 Å². The zero-order valence-corrected chi connectivity index (χ0v) is 15.6. The highest BCUT2D eigenvalue weighted by molar-refractivity contribution is 14.0. The van der Waals surface area contributed by atoms with Gasteiger partial charge >= 0.3 is 0 Å². The Morgan fingerprint density at radius 3 is 2.57 bits per heavy atom. The van der Waals surface area contributed by atoms with Gasteiger partial charge in [0.1, 0.15) is 12.0 Å². The van der Waals surface area contributed by atoms with Crippen molar-refractivity contribution in [1.82, 2.24) is 15.8 Å². The van der Waals surface area contributed by atoms with Gasteiger partial charge < -0.3 is 15.2 Å². The standard InChI is InChI=1S/C17H22N4O.HI/c1-18-16(19-12-15-8-11-22-21-15)20-13-17(9-5-10-17)14-6-3-2-4-7-14;/h2-4,6-8,11H,5,9-10,12-13H2,1H3,(H2,18,19,20);1H. The zero-order chi connectivity index (χ0) is 15.3. The molecule has 0 aliphatic heterocycles. The number of hydrogen-bond acceptors (Lipinski definition) is 3. The molecular formula is C17H23IN4O. The largest absolute Gasteiger partial charge is 0.364 e. The molecule has 5 nitrogen and oxygen atoms in total.